The van der Waals surface area contributed by atoms with Crippen LogP contribution in [0.5, 0.6) is 0 Å². The van der Waals surface area contributed by atoms with Crippen LogP contribution < -0.4 is 0 Å². The molecule has 0 saturated carbocycles. The molecular weight excluding hydrogens is 217 g/mol. The van der Waals surface area contributed by atoms with Crippen molar-refractivity contribution < 1.29 is 0 Å². The first-order valence-corrected chi connectivity index (χ1v) is 6.62. The molecule has 0 rings (SSSR count). The van der Waals surface area contributed by atoms with Gasteiger partial charge in [-0.05, 0) is 45.7 Å². The van der Waals surface area contributed by atoms with Crippen molar-refractivity contribution in [1.82, 2.24) is 4.90 Å². The fourth-order valence-electron chi connectivity index (χ4n) is 0. The van der Waals surface area contributed by atoms with Crippen molar-refractivity contribution in [3.05, 3.63) is 0 Å². The Hall–Kier alpha value is 0.0249. The fourth-order valence-corrected chi connectivity index (χ4v) is 0. The van der Waals surface area contributed by atoms with Crippen LogP contribution in [0.4, 0.5) is 0 Å². The molecule has 0 unspecified atom stereocenters. The van der Waals surface area contributed by atoms with Crippen molar-refractivity contribution in [3.63, 3.8) is 0 Å². The van der Waals surface area contributed by atoms with Gasteiger partial charge in [-0.15, -0.1) is 0 Å². The van der Waals surface area contributed by atoms with Gasteiger partial charge in [0.1, 0.15) is 0 Å². The molecular formula is C16H39BN. The fraction of sp³-hybridized carbons (Fsp3) is 1.00. The molecule has 18 heavy (non-hydrogen) atoms. The van der Waals surface area contributed by atoms with Gasteiger partial charge in [0.25, 0.3) is 0 Å². The van der Waals surface area contributed by atoms with Crippen LogP contribution in [-0.4, -0.2) is 32.9 Å². The van der Waals surface area contributed by atoms with E-state index in [9.17, 15) is 0 Å². The zero-order valence-corrected chi connectivity index (χ0v) is 15.5. The van der Waals surface area contributed by atoms with Crippen LogP contribution in [0.2, 0.25) is 0 Å². The number of hydrogen-bond acceptors (Lipinski definition) is 1. The van der Waals surface area contributed by atoms with Gasteiger partial charge in [0.05, 0.1) is 0 Å². The molecule has 0 heterocycles. The molecule has 0 saturated heterocycles. The summed E-state index contributed by atoms with van der Waals surface area (Å²) in [4.78, 5) is 2.19. The van der Waals surface area contributed by atoms with Crippen molar-refractivity contribution >= 4 is 8.41 Å². The predicted octanol–water partition coefficient (Wildman–Crippen LogP) is 5.07. The molecule has 0 aliphatic carbocycles. The summed E-state index contributed by atoms with van der Waals surface area (Å²) in [6.07, 6.45) is 0. The van der Waals surface area contributed by atoms with Gasteiger partial charge in [0, 0.05) is 14.0 Å². The summed E-state index contributed by atoms with van der Waals surface area (Å²) in [6.45, 7) is 24.1. The summed E-state index contributed by atoms with van der Waals surface area (Å²) in [5, 5.41) is 0. The number of nitrogens with zero attached hydrogens (tertiary/aromatic N) is 1. The van der Waals surface area contributed by atoms with Gasteiger partial charge >= 0.3 is 0 Å². The molecule has 0 spiro atoms. The molecule has 2 heteroatoms. The Labute approximate surface area is 120 Å². The van der Waals surface area contributed by atoms with E-state index in [1.165, 1.54) is 0 Å². The molecule has 0 aromatic rings. The van der Waals surface area contributed by atoms with Gasteiger partial charge in [-0.2, -0.15) is 0 Å². The Bertz CT molecular complexity index is 141. The van der Waals surface area contributed by atoms with Crippen LogP contribution in [0.25, 0.3) is 0 Å². The monoisotopic (exact) mass is 256 g/mol. The lowest BCUT2D eigenvalue weighted by atomic mass is 10.0. The standard InChI is InChI=1S/C6H15N.2C5H12.B/c1-6(2,3)7(4)5;2*1-5(2,3)4;/h1-5H3;2*1-4H3;. The zero-order chi connectivity index (χ0) is 15.1. The smallest absolute Gasteiger partial charge is 0.0118 e. The summed E-state index contributed by atoms with van der Waals surface area (Å²) in [5.74, 6) is 0. The third kappa shape index (κ3) is 99.7. The lowest BCUT2D eigenvalue weighted by molar-refractivity contribution is 0.219. The van der Waals surface area contributed by atoms with Crippen LogP contribution in [0.1, 0.15) is 76.2 Å². The van der Waals surface area contributed by atoms with Crippen molar-refractivity contribution in [3.8, 4) is 0 Å². The van der Waals surface area contributed by atoms with E-state index in [2.05, 4.69) is 95.2 Å². The molecule has 0 aromatic heterocycles. The molecule has 0 bridgehead atoms. The van der Waals surface area contributed by atoms with E-state index in [4.69, 9.17) is 0 Å². The van der Waals surface area contributed by atoms with E-state index in [0.29, 0.717) is 16.4 Å². The highest BCUT2D eigenvalue weighted by Gasteiger charge is 2.10. The topological polar surface area (TPSA) is 3.24 Å². The Balaban J connectivity index is -0.0000000813. The van der Waals surface area contributed by atoms with Crippen molar-refractivity contribution in [1.29, 1.82) is 0 Å². The predicted molar refractivity (Wildman–Crippen MR) is 89.5 cm³/mol. The van der Waals surface area contributed by atoms with E-state index in [1.807, 2.05) is 0 Å². The molecule has 111 valence electrons. The molecule has 0 amide bonds. The summed E-state index contributed by atoms with van der Waals surface area (Å²) in [5.41, 5.74) is 1.33. The minimum atomic E-state index is 0. The molecule has 0 fully saturated rings. The molecule has 0 aliphatic heterocycles. The van der Waals surface area contributed by atoms with E-state index < -0.39 is 0 Å². The van der Waals surface area contributed by atoms with Gasteiger partial charge in [-0.3, -0.25) is 0 Å². The van der Waals surface area contributed by atoms with E-state index in [1.54, 1.807) is 0 Å². The van der Waals surface area contributed by atoms with Crippen molar-refractivity contribution in [2.24, 2.45) is 10.8 Å². The third-order valence-electron chi connectivity index (χ3n) is 1.34. The van der Waals surface area contributed by atoms with Gasteiger partial charge in [0.2, 0.25) is 0 Å². The van der Waals surface area contributed by atoms with Gasteiger partial charge in [0.15, 0.2) is 0 Å². The van der Waals surface area contributed by atoms with Crippen LogP contribution in [0.15, 0.2) is 0 Å². The Morgan fingerprint density at radius 2 is 0.556 bits per heavy atom. The lowest BCUT2D eigenvalue weighted by Crippen LogP contribution is -2.34. The SMILES string of the molecule is CC(C)(C)C.CC(C)(C)C.CN(C)C(C)(C)C.[B]. The quantitative estimate of drug-likeness (QED) is 0.547. The van der Waals surface area contributed by atoms with Crippen molar-refractivity contribution in [2.75, 3.05) is 14.1 Å². The van der Waals surface area contributed by atoms with Crippen molar-refractivity contribution in [2.45, 2.75) is 81.7 Å². The summed E-state index contributed by atoms with van der Waals surface area (Å²) in [7, 11) is 4.17. The summed E-state index contributed by atoms with van der Waals surface area (Å²) >= 11 is 0. The largest absolute Gasteiger partial charge is 0.305 e. The Kier molecular flexibility index (Phi) is 14.6. The minimum absolute atomic E-state index is 0. The van der Waals surface area contributed by atoms with Crippen LogP contribution in [0.3, 0.4) is 0 Å². The number of hydrogen-bond donors (Lipinski definition) is 0. The maximum absolute atomic E-state index is 2.19. The van der Waals surface area contributed by atoms with E-state index in [0.717, 1.165) is 0 Å². The lowest BCUT2D eigenvalue weighted by Gasteiger charge is -2.27. The first-order valence-electron chi connectivity index (χ1n) is 6.62. The molecule has 0 aliphatic rings. The molecule has 0 N–H and O–H groups in total. The van der Waals surface area contributed by atoms with E-state index >= 15 is 0 Å². The number of rotatable bonds is 0. The minimum Gasteiger partial charge on any atom is -0.305 e. The van der Waals surface area contributed by atoms with E-state index in [-0.39, 0.29) is 8.41 Å². The highest BCUT2D eigenvalue weighted by molar-refractivity contribution is 5.75. The van der Waals surface area contributed by atoms with Gasteiger partial charge < -0.3 is 4.90 Å². The average molecular weight is 256 g/mol. The second-order valence-electron chi connectivity index (χ2n) is 9.07. The Morgan fingerprint density at radius 1 is 0.500 bits per heavy atom. The second kappa shape index (κ2) is 9.89. The normalized spacial score (nSPS) is 11.7. The first kappa shape index (κ1) is 26.6. The van der Waals surface area contributed by atoms with Gasteiger partial charge in [-0.1, -0.05) is 55.4 Å². The zero-order valence-electron chi connectivity index (χ0n) is 15.5. The summed E-state index contributed by atoms with van der Waals surface area (Å²) < 4.78 is 0. The average Bonchev–Trinajstić information content (AvgIpc) is 1.74. The molecule has 0 atom stereocenters. The maximum Gasteiger partial charge on any atom is 0.0118 e. The molecule has 0 aromatic carbocycles. The summed E-state index contributed by atoms with van der Waals surface area (Å²) in [6, 6.07) is 0. The van der Waals surface area contributed by atoms with Crippen LogP contribution in [-0.2, 0) is 0 Å². The van der Waals surface area contributed by atoms with Crippen LogP contribution in [0, 0.1) is 10.8 Å². The highest BCUT2D eigenvalue weighted by Crippen LogP contribution is 2.08. The second-order valence-corrected chi connectivity index (χ2v) is 9.07. The van der Waals surface area contributed by atoms with Gasteiger partial charge in [-0.25, -0.2) is 0 Å². The first-order chi connectivity index (χ1) is 6.94. The Morgan fingerprint density at radius 3 is 0.556 bits per heavy atom. The highest BCUT2D eigenvalue weighted by atomic mass is 15.1. The third-order valence-corrected chi connectivity index (χ3v) is 1.34. The maximum atomic E-state index is 2.19. The molecule has 3 radical (unpaired) electrons. The molecule has 1 nitrogen and oxygen atoms in total. The van der Waals surface area contributed by atoms with Crippen LogP contribution >= 0.6 is 0 Å².